The molecule has 0 radical (unpaired) electrons. The molecule has 1 fully saturated rings. The summed E-state index contributed by atoms with van der Waals surface area (Å²) in [5.41, 5.74) is 1.18. The van der Waals surface area contributed by atoms with E-state index in [0.29, 0.717) is 6.54 Å². The number of carbonyl (C=O) groups excluding carboxylic acids is 1. The highest BCUT2D eigenvalue weighted by molar-refractivity contribution is 7.09. The summed E-state index contributed by atoms with van der Waals surface area (Å²) < 4.78 is 0. The highest BCUT2D eigenvalue weighted by atomic mass is 32.1. The number of nitrogens with zero attached hydrogens (tertiary/aromatic N) is 2. The number of carbonyl (C=O) groups is 1. The van der Waals surface area contributed by atoms with Crippen molar-refractivity contribution in [1.29, 1.82) is 0 Å². The lowest BCUT2D eigenvalue weighted by atomic mass is 10.0. The van der Waals surface area contributed by atoms with Gasteiger partial charge in [-0.2, -0.15) is 0 Å². The Morgan fingerprint density at radius 2 is 2.14 bits per heavy atom. The van der Waals surface area contributed by atoms with Gasteiger partial charge in [-0.25, -0.2) is 4.79 Å². The molecule has 4 nitrogen and oxygen atoms in total. The largest absolute Gasteiger partial charge is 0.333 e. The fourth-order valence-electron chi connectivity index (χ4n) is 2.96. The van der Waals surface area contributed by atoms with E-state index in [-0.39, 0.29) is 12.1 Å². The molecule has 116 valence electrons. The Balaban J connectivity index is 1.71. The summed E-state index contributed by atoms with van der Waals surface area (Å²) in [5, 5.41) is 5.10. The van der Waals surface area contributed by atoms with Crippen LogP contribution >= 0.6 is 11.3 Å². The maximum atomic E-state index is 12.6. The fourth-order valence-corrected chi connectivity index (χ4v) is 3.61. The molecule has 5 heteroatoms. The van der Waals surface area contributed by atoms with Crippen LogP contribution < -0.4 is 5.32 Å². The number of urea groups is 1. The van der Waals surface area contributed by atoms with E-state index >= 15 is 0 Å². The lowest BCUT2D eigenvalue weighted by Crippen LogP contribution is -2.41. The van der Waals surface area contributed by atoms with Crippen molar-refractivity contribution in [2.24, 2.45) is 0 Å². The van der Waals surface area contributed by atoms with E-state index < -0.39 is 0 Å². The van der Waals surface area contributed by atoms with Gasteiger partial charge in [0, 0.05) is 23.8 Å². The fraction of sp³-hybridized carbons (Fsp3) is 0.412. The average molecular weight is 315 g/mol. The molecule has 1 N–H and O–H groups in total. The quantitative estimate of drug-likeness (QED) is 0.931. The number of thiophene rings is 1. The molecule has 1 aliphatic heterocycles. The molecule has 1 atom stereocenters. The molecular formula is C17H21N3OS. The summed E-state index contributed by atoms with van der Waals surface area (Å²) >= 11 is 1.67. The van der Waals surface area contributed by atoms with E-state index in [2.05, 4.69) is 10.3 Å². The molecule has 0 saturated carbocycles. The van der Waals surface area contributed by atoms with Gasteiger partial charge in [-0.3, -0.25) is 4.98 Å². The Morgan fingerprint density at radius 3 is 2.91 bits per heavy atom. The number of hydrogen-bond acceptors (Lipinski definition) is 3. The van der Waals surface area contributed by atoms with Gasteiger partial charge in [-0.15, -0.1) is 11.3 Å². The van der Waals surface area contributed by atoms with Crippen LogP contribution in [0, 0.1) is 0 Å². The molecule has 0 bridgehead atoms. The van der Waals surface area contributed by atoms with Gasteiger partial charge in [0.15, 0.2) is 0 Å². The first kappa shape index (κ1) is 15.0. The van der Waals surface area contributed by atoms with Gasteiger partial charge in [0.05, 0.1) is 12.6 Å². The summed E-state index contributed by atoms with van der Waals surface area (Å²) in [6.45, 7) is 1.43. The minimum Gasteiger partial charge on any atom is -0.333 e. The van der Waals surface area contributed by atoms with Crippen molar-refractivity contribution in [3.8, 4) is 0 Å². The molecule has 3 heterocycles. The zero-order chi connectivity index (χ0) is 15.2. The number of hydrogen-bond donors (Lipinski definition) is 1. The lowest BCUT2D eigenvalue weighted by molar-refractivity contribution is 0.175. The zero-order valence-electron chi connectivity index (χ0n) is 12.6. The topological polar surface area (TPSA) is 45.2 Å². The van der Waals surface area contributed by atoms with Gasteiger partial charge < -0.3 is 10.2 Å². The maximum absolute atomic E-state index is 12.6. The third-order valence-corrected chi connectivity index (χ3v) is 4.97. The Kier molecular flexibility index (Phi) is 5.06. The molecule has 2 aromatic heterocycles. The number of amides is 2. The van der Waals surface area contributed by atoms with Gasteiger partial charge in [-0.05, 0) is 42.0 Å². The molecule has 0 aliphatic carbocycles. The first-order valence-electron chi connectivity index (χ1n) is 7.81. The van der Waals surface area contributed by atoms with Crippen LogP contribution in [-0.2, 0) is 6.54 Å². The second-order valence-corrected chi connectivity index (χ2v) is 6.61. The Bertz CT molecular complexity index is 585. The molecule has 1 saturated heterocycles. The van der Waals surface area contributed by atoms with Crippen LogP contribution in [-0.4, -0.2) is 22.5 Å². The van der Waals surface area contributed by atoms with Crippen LogP contribution in [0.25, 0.3) is 0 Å². The van der Waals surface area contributed by atoms with Gasteiger partial charge in [-0.1, -0.05) is 18.9 Å². The zero-order valence-corrected chi connectivity index (χ0v) is 13.4. The Labute approximate surface area is 135 Å². The number of nitrogens with one attached hydrogen (secondary N) is 1. The molecule has 0 spiro atoms. The van der Waals surface area contributed by atoms with Crippen molar-refractivity contribution in [3.05, 3.63) is 52.5 Å². The van der Waals surface area contributed by atoms with Gasteiger partial charge in [0.1, 0.15) is 0 Å². The van der Waals surface area contributed by atoms with Crippen molar-refractivity contribution in [2.45, 2.75) is 38.3 Å². The number of pyridine rings is 1. The highest BCUT2D eigenvalue weighted by Crippen LogP contribution is 2.29. The predicted octanol–water partition coefficient (Wildman–Crippen LogP) is 3.97. The minimum absolute atomic E-state index is 0.0390. The standard InChI is InChI=1S/C17H21N3OS/c21-17(19-13-15-5-4-12-22-15)20-11-3-1-2-6-16(20)14-7-9-18-10-8-14/h4-5,7-10,12,16H,1-3,6,11,13H2,(H,19,21)/t16-/m0/s1. The highest BCUT2D eigenvalue weighted by Gasteiger charge is 2.26. The van der Waals surface area contributed by atoms with E-state index in [0.717, 1.165) is 19.4 Å². The monoisotopic (exact) mass is 315 g/mol. The summed E-state index contributed by atoms with van der Waals surface area (Å²) in [6.07, 6.45) is 8.08. The number of aromatic nitrogens is 1. The van der Waals surface area contributed by atoms with E-state index in [1.54, 1.807) is 11.3 Å². The van der Waals surface area contributed by atoms with Gasteiger partial charge in [0.25, 0.3) is 0 Å². The second kappa shape index (κ2) is 7.40. The van der Waals surface area contributed by atoms with Gasteiger partial charge in [0.2, 0.25) is 0 Å². The second-order valence-electron chi connectivity index (χ2n) is 5.58. The molecule has 0 aromatic carbocycles. The van der Waals surface area contributed by atoms with Crippen LogP contribution in [0.4, 0.5) is 4.79 Å². The van der Waals surface area contributed by atoms with Crippen LogP contribution in [0.2, 0.25) is 0 Å². The predicted molar refractivity (Wildman–Crippen MR) is 88.7 cm³/mol. The first-order valence-corrected chi connectivity index (χ1v) is 8.69. The van der Waals surface area contributed by atoms with Crippen molar-refractivity contribution < 1.29 is 4.79 Å². The molecule has 3 rings (SSSR count). The molecule has 2 amide bonds. The average Bonchev–Trinajstić information content (AvgIpc) is 2.96. The number of likely N-dealkylation sites (tertiary alicyclic amines) is 1. The van der Waals surface area contributed by atoms with Crippen molar-refractivity contribution in [1.82, 2.24) is 15.2 Å². The SMILES string of the molecule is O=C(NCc1cccs1)N1CCCCC[C@H]1c1ccncc1. The third kappa shape index (κ3) is 3.65. The van der Waals surface area contributed by atoms with Crippen LogP contribution in [0.15, 0.2) is 42.0 Å². The summed E-state index contributed by atoms with van der Waals surface area (Å²) in [6, 6.07) is 8.31. The summed E-state index contributed by atoms with van der Waals surface area (Å²) in [7, 11) is 0. The summed E-state index contributed by atoms with van der Waals surface area (Å²) in [5.74, 6) is 0. The Hall–Kier alpha value is -1.88. The molecule has 0 unspecified atom stereocenters. The van der Waals surface area contributed by atoms with Gasteiger partial charge >= 0.3 is 6.03 Å². The third-order valence-electron chi connectivity index (χ3n) is 4.10. The molecule has 22 heavy (non-hydrogen) atoms. The van der Waals surface area contributed by atoms with Crippen LogP contribution in [0.1, 0.15) is 42.2 Å². The van der Waals surface area contributed by atoms with Crippen molar-refractivity contribution >= 4 is 17.4 Å². The normalized spacial score (nSPS) is 18.7. The number of rotatable bonds is 3. The van der Waals surface area contributed by atoms with Crippen LogP contribution in [0.5, 0.6) is 0 Å². The molecular weight excluding hydrogens is 294 g/mol. The Morgan fingerprint density at radius 1 is 1.27 bits per heavy atom. The smallest absolute Gasteiger partial charge is 0.318 e. The van der Waals surface area contributed by atoms with Crippen molar-refractivity contribution in [2.75, 3.05) is 6.54 Å². The van der Waals surface area contributed by atoms with E-state index in [1.165, 1.54) is 23.3 Å². The first-order chi connectivity index (χ1) is 10.8. The maximum Gasteiger partial charge on any atom is 0.318 e. The van der Waals surface area contributed by atoms with E-state index in [1.807, 2.05) is 46.9 Å². The lowest BCUT2D eigenvalue weighted by Gasteiger charge is -2.30. The summed E-state index contributed by atoms with van der Waals surface area (Å²) in [4.78, 5) is 19.9. The minimum atomic E-state index is 0.0390. The van der Waals surface area contributed by atoms with E-state index in [4.69, 9.17) is 0 Å². The van der Waals surface area contributed by atoms with Crippen molar-refractivity contribution in [3.63, 3.8) is 0 Å². The molecule has 1 aliphatic rings. The molecule has 2 aromatic rings. The van der Waals surface area contributed by atoms with E-state index in [9.17, 15) is 4.79 Å². The van der Waals surface area contributed by atoms with Crippen LogP contribution in [0.3, 0.4) is 0 Å².